The van der Waals surface area contributed by atoms with Crippen molar-refractivity contribution in [3.8, 4) is 6.07 Å². The van der Waals surface area contributed by atoms with E-state index in [1.165, 1.54) is 0 Å². The van der Waals surface area contributed by atoms with E-state index in [1.54, 1.807) is 0 Å². The lowest BCUT2D eigenvalue weighted by atomic mass is 10.0. The fourth-order valence-electron chi connectivity index (χ4n) is 1.45. The lowest BCUT2D eigenvalue weighted by Crippen LogP contribution is -2.46. The zero-order valence-electron chi connectivity index (χ0n) is 11.3. The van der Waals surface area contributed by atoms with Crippen LogP contribution in [0.25, 0.3) is 0 Å². The monoisotopic (exact) mass is 240 g/mol. The molecule has 0 aromatic heterocycles. The van der Waals surface area contributed by atoms with Crippen LogP contribution in [0, 0.1) is 17.2 Å². The molecule has 0 saturated heterocycles. The molecule has 0 aliphatic rings. The van der Waals surface area contributed by atoms with Crippen molar-refractivity contribution < 1.29 is 4.79 Å². The van der Waals surface area contributed by atoms with Gasteiger partial charge in [0.05, 0.1) is 19.0 Å². The van der Waals surface area contributed by atoms with Gasteiger partial charge in [-0.3, -0.25) is 4.79 Å². The maximum Gasteiger partial charge on any atom is 0.234 e. The van der Waals surface area contributed by atoms with Gasteiger partial charge >= 0.3 is 0 Å². The van der Waals surface area contributed by atoms with Gasteiger partial charge in [-0.25, -0.2) is 0 Å². The molecule has 0 aliphatic carbocycles. The Morgan fingerprint density at radius 1 is 1.41 bits per heavy atom. The molecule has 5 heteroatoms. The van der Waals surface area contributed by atoms with Gasteiger partial charge in [-0.15, -0.1) is 0 Å². The lowest BCUT2D eigenvalue weighted by Gasteiger charge is -2.25. The van der Waals surface area contributed by atoms with Crippen molar-refractivity contribution in [3.63, 3.8) is 0 Å². The van der Waals surface area contributed by atoms with Crippen molar-refractivity contribution in [1.82, 2.24) is 15.5 Å². The number of hydrogen-bond donors (Lipinski definition) is 2. The number of nitriles is 1. The van der Waals surface area contributed by atoms with E-state index in [1.807, 2.05) is 20.2 Å². The third-order valence-electron chi connectivity index (χ3n) is 2.45. The first kappa shape index (κ1) is 15.9. The van der Waals surface area contributed by atoms with Crippen LogP contribution in [0.1, 0.15) is 20.3 Å². The second-order valence-corrected chi connectivity index (χ2v) is 4.75. The highest BCUT2D eigenvalue weighted by atomic mass is 16.1. The van der Waals surface area contributed by atoms with Gasteiger partial charge in [0.15, 0.2) is 0 Å². The first-order valence-electron chi connectivity index (χ1n) is 5.99. The molecule has 1 amide bonds. The smallest absolute Gasteiger partial charge is 0.234 e. The summed E-state index contributed by atoms with van der Waals surface area (Å²) in [5.74, 6) is 0.425. The van der Waals surface area contributed by atoms with E-state index in [2.05, 4.69) is 29.4 Å². The summed E-state index contributed by atoms with van der Waals surface area (Å²) < 4.78 is 0. The number of nitrogens with zero attached hydrogens (tertiary/aromatic N) is 2. The van der Waals surface area contributed by atoms with E-state index in [-0.39, 0.29) is 5.91 Å². The highest BCUT2D eigenvalue weighted by Crippen LogP contribution is 2.01. The molecule has 17 heavy (non-hydrogen) atoms. The van der Waals surface area contributed by atoms with Crippen LogP contribution in [0.2, 0.25) is 0 Å². The first-order chi connectivity index (χ1) is 7.97. The van der Waals surface area contributed by atoms with Gasteiger partial charge in [-0.05, 0) is 20.0 Å². The third-order valence-corrected chi connectivity index (χ3v) is 2.45. The van der Waals surface area contributed by atoms with Crippen LogP contribution in [0.4, 0.5) is 0 Å². The molecule has 0 saturated carbocycles. The molecule has 0 radical (unpaired) electrons. The van der Waals surface area contributed by atoms with Gasteiger partial charge in [0, 0.05) is 19.1 Å². The standard InChI is InChI=1S/C12H24N4O/c1-10(2)11(9-16(3)4)15-8-12(17)14-7-5-6-13/h10-11,15H,5,7-9H2,1-4H3,(H,14,17). The molecule has 0 rings (SSSR count). The average molecular weight is 240 g/mol. The minimum Gasteiger partial charge on any atom is -0.354 e. The number of hydrogen-bond acceptors (Lipinski definition) is 4. The Balaban J connectivity index is 3.88. The van der Waals surface area contributed by atoms with Crippen LogP contribution in [0.3, 0.4) is 0 Å². The van der Waals surface area contributed by atoms with Crippen molar-refractivity contribution in [2.75, 3.05) is 33.7 Å². The molecular weight excluding hydrogens is 216 g/mol. The molecule has 1 atom stereocenters. The first-order valence-corrected chi connectivity index (χ1v) is 5.99. The minimum absolute atomic E-state index is 0.0512. The number of carbonyl (C=O) groups is 1. The van der Waals surface area contributed by atoms with E-state index >= 15 is 0 Å². The Labute approximate surface area is 104 Å². The molecule has 5 nitrogen and oxygen atoms in total. The van der Waals surface area contributed by atoms with Crippen LogP contribution in [0.15, 0.2) is 0 Å². The van der Waals surface area contributed by atoms with Gasteiger partial charge in [0.25, 0.3) is 0 Å². The van der Waals surface area contributed by atoms with Crippen molar-refractivity contribution in [1.29, 1.82) is 5.26 Å². The second-order valence-electron chi connectivity index (χ2n) is 4.75. The van der Waals surface area contributed by atoms with Crippen LogP contribution in [0.5, 0.6) is 0 Å². The molecule has 0 aromatic carbocycles. The largest absolute Gasteiger partial charge is 0.354 e. The van der Waals surface area contributed by atoms with E-state index < -0.39 is 0 Å². The molecule has 0 spiro atoms. The minimum atomic E-state index is -0.0512. The predicted molar refractivity (Wildman–Crippen MR) is 68.4 cm³/mol. The topological polar surface area (TPSA) is 68.2 Å². The van der Waals surface area contributed by atoms with Gasteiger partial charge in [0.1, 0.15) is 0 Å². The summed E-state index contributed by atoms with van der Waals surface area (Å²) in [7, 11) is 4.04. The van der Waals surface area contributed by atoms with Crippen LogP contribution >= 0.6 is 0 Å². The Kier molecular flexibility index (Phi) is 8.38. The summed E-state index contributed by atoms with van der Waals surface area (Å²) in [6, 6.07) is 2.29. The highest BCUT2D eigenvalue weighted by Gasteiger charge is 2.14. The number of rotatable bonds is 8. The van der Waals surface area contributed by atoms with E-state index in [9.17, 15) is 4.79 Å². The normalized spacial score (nSPS) is 12.5. The Morgan fingerprint density at radius 2 is 2.06 bits per heavy atom. The van der Waals surface area contributed by atoms with Gasteiger partial charge < -0.3 is 15.5 Å². The van der Waals surface area contributed by atoms with Crippen LogP contribution in [-0.4, -0.2) is 50.6 Å². The fraction of sp³-hybridized carbons (Fsp3) is 0.833. The van der Waals surface area contributed by atoms with E-state index in [0.29, 0.717) is 31.5 Å². The molecule has 1 unspecified atom stereocenters. The highest BCUT2D eigenvalue weighted by molar-refractivity contribution is 5.78. The predicted octanol–water partition coefficient (Wildman–Crippen LogP) is 0.192. The van der Waals surface area contributed by atoms with Crippen LogP contribution in [-0.2, 0) is 4.79 Å². The molecule has 0 fully saturated rings. The molecular formula is C12H24N4O. The summed E-state index contributed by atoms with van der Waals surface area (Å²) in [6.45, 7) is 5.91. The molecule has 98 valence electrons. The maximum atomic E-state index is 11.4. The van der Waals surface area contributed by atoms with Crippen molar-refractivity contribution >= 4 is 5.91 Å². The Bertz CT molecular complexity index is 258. The van der Waals surface area contributed by atoms with Crippen molar-refractivity contribution in [3.05, 3.63) is 0 Å². The summed E-state index contributed by atoms with van der Waals surface area (Å²) >= 11 is 0. The third kappa shape index (κ3) is 8.66. The number of nitrogens with one attached hydrogen (secondary N) is 2. The Morgan fingerprint density at radius 3 is 2.53 bits per heavy atom. The number of amides is 1. The van der Waals surface area contributed by atoms with E-state index in [4.69, 9.17) is 5.26 Å². The lowest BCUT2D eigenvalue weighted by molar-refractivity contribution is -0.120. The second kappa shape index (κ2) is 8.97. The van der Waals surface area contributed by atoms with E-state index in [0.717, 1.165) is 6.54 Å². The summed E-state index contributed by atoms with van der Waals surface area (Å²) in [5, 5.41) is 14.3. The SMILES string of the molecule is CC(C)C(CN(C)C)NCC(=O)NCCC#N. The number of carbonyl (C=O) groups excluding carboxylic acids is 1. The molecule has 0 bridgehead atoms. The number of likely N-dealkylation sites (N-methyl/N-ethyl adjacent to an activating group) is 1. The fourth-order valence-corrected chi connectivity index (χ4v) is 1.45. The summed E-state index contributed by atoms with van der Waals surface area (Å²) in [5.41, 5.74) is 0. The summed E-state index contributed by atoms with van der Waals surface area (Å²) in [6.07, 6.45) is 0.358. The molecule has 0 heterocycles. The zero-order chi connectivity index (χ0) is 13.3. The van der Waals surface area contributed by atoms with Crippen molar-refractivity contribution in [2.45, 2.75) is 26.3 Å². The Hall–Kier alpha value is -1.12. The van der Waals surface area contributed by atoms with Gasteiger partial charge in [-0.2, -0.15) is 5.26 Å². The molecule has 2 N–H and O–H groups in total. The average Bonchev–Trinajstić information content (AvgIpc) is 2.23. The zero-order valence-corrected chi connectivity index (χ0v) is 11.3. The quantitative estimate of drug-likeness (QED) is 0.594. The molecule has 0 aliphatic heterocycles. The van der Waals surface area contributed by atoms with Gasteiger partial charge in [0.2, 0.25) is 5.91 Å². The molecule has 0 aromatic rings. The summed E-state index contributed by atoms with van der Waals surface area (Å²) in [4.78, 5) is 13.5. The maximum absolute atomic E-state index is 11.4. The van der Waals surface area contributed by atoms with Crippen LogP contribution < -0.4 is 10.6 Å². The van der Waals surface area contributed by atoms with Gasteiger partial charge in [-0.1, -0.05) is 13.8 Å². The van der Waals surface area contributed by atoms with Crippen molar-refractivity contribution in [2.24, 2.45) is 5.92 Å².